The quantitative estimate of drug-likeness (QED) is 0.465. The molecule has 0 N–H and O–H groups in total. The summed E-state index contributed by atoms with van der Waals surface area (Å²) < 4.78 is 36.6. The van der Waals surface area contributed by atoms with Gasteiger partial charge >= 0.3 is 0 Å². The number of halogens is 3. The molecule has 4 heterocycles. The van der Waals surface area contributed by atoms with E-state index in [0.717, 1.165) is 10.9 Å². The summed E-state index contributed by atoms with van der Waals surface area (Å²) in [7, 11) is 1.81. The Kier molecular flexibility index (Phi) is 5.68. The minimum atomic E-state index is -3.09. The number of alkyl halides is 2. The molecule has 3 aromatic heterocycles. The van der Waals surface area contributed by atoms with Gasteiger partial charge in [-0.05, 0) is 18.2 Å². The number of amides is 1. The first-order valence-electron chi connectivity index (χ1n) is 9.88. The fraction of sp³-hybridized carbons (Fsp3) is 0.273. The Morgan fingerprint density at radius 3 is 2.81 bits per heavy atom. The Balaban J connectivity index is 0.00000245. The number of hydrogen-bond acceptors (Lipinski definition) is 5. The highest BCUT2D eigenvalue weighted by Gasteiger charge is 2.47. The van der Waals surface area contributed by atoms with Crippen LogP contribution in [0.4, 0.5) is 8.78 Å². The van der Waals surface area contributed by atoms with E-state index < -0.39 is 24.4 Å². The Labute approximate surface area is 188 Å². The van der Waals surface area contributed by atoms with Crippen LogP contribution < -0.4 is 4.74 Å². The van der Waals surface area contributed by atoms with Gasteiger partial charge in [-0.15, -0.1) is 12.4 Å². The lowest BCUT2D eigenvalue weighted by molar-refractivity contribution is -0.131. The second-order valence-electron chi connectivity index (χ2n) is 7.59. The van der Waals surface area contributed by atoms with Gasteiger partial charge in [-0.2, -0.15) is 0 Å². The van der Waals surface area contributed by atoms with Crippen LogP contribution in [-0.4, -0.2) is 55.4 Å². The summed E-state index contributed by atoms with van der Waals surface area (Å²) in [6, 6.07) is 12.5. The molecular weight excluding hydrogens is 440 g/mol. The molecule has 0 spiro atoms. The fourth-order valence-electron chi connectivity index (χ4n) is 3.81. The summed E-state index contributed by atoms with van der Waals surface area (Å²) in [5, 5.41) is 0.886. The molecule has 1 aliphatic rings. The van der Waals surface area contributed by atoms with E-state index in [1.807, 2.05) is 25.2 Å². The highest BCUT2D eigenvalue weighted by atomic mass is 35.5. The average Bonchev–Trinajstić information content (AvgIpc) is 3.15. The second kappa shape index (κ2) is 8.31. The molecule has 0 aliphatic carbocycles. The van der Waals surface area contributed by atoms with Crippen molar-refractivity contribution in [2.75, 3.05) is 13.1 Å². The number of benzene rings is 1. The van der Waals surface area contributed by atoms with Gasteiger partial charge in [0, 0.05) is 37.7 Å². The average molecular weight is 460 g/mol. The molecule has 1 fully saturated rings. The van der Waals surface area contributed by atoms with Crippen LogP contribution in [0.25, 0.3) is 21.9 Å². The van der Waals surface area contributed by atoms with Gasteiger partial charge in [-0.25, -0.2) is 23.7 Å². The maximum atomic E-state index is 14.6. The van der Waals surface area contributed by atoms with Crippen molar-refractivity contribution in [3.05, 3.63) is 60.7 Å². The number of fused-ring (bicyclic) bond motifs is 2. The molecule has 10 heteroatoms. The molecule has 32 heavy (non-hydrogen) atoms. The van der Waals surface area contributed by atoms with Gasteiger partial charge in [-0.1, -0.05) is 18.2 Å². The maximum absolute atomic E-state index is 14.6. The highest BCUT2D eigenvalue weighted by Crippen LogP contribution is 2.32. The molecule has 1 saturated heterocycles. The number of ether oxygens (including phenoxy) is 1. The van der Waals surface area contributed by atoms with E-state index in [1.54, 1.807) is 35.2 Å². The lowest BCUT2D eigenvalue weighted by atomic mass is 10.0. The number of carbonyl (C=O) groups is 1. The number of aryl methyl sites for hydroxylation is 1. The number of pyridine rings is 2. The van der Waals surface area contributed by atoms with Crippen LogP contribution in [0.15, 0.2) is 55.0 Å². The largest absolute Gasteiger partial charge is 0.466 e. The first kappa shape index (κ1) is 21.9. The number of aromatic nitrogens is 4. The van der Waals surface area contributed by atoms with Gasteiger partial charge in [0.1, 0.15) is 5.52 Å². The number of imidazole rings is 1. The Hall–Kier alpha value is -3.33. The first-order valence-corrected chi connectivity index (χ1v) is 9.88. The summed E-state index contributed by atoms with van der Waals surface area (Å²) in [5.74, 6) is -3.43. The SMILES string of the molecule is Cl.Cn1cnc2c(C(=O)N3CCC(F)(F)[C@@H](Oc4ccc5ccccc5n4)C3)nccc21. The van der Waals surface area contributed by atoms with Gasteiger partial charge in [0.25, 0.3) is 11.8 Å². The topological polar surface area (TPSA) is 73.1 Å². The minimum Gasteiger partial charge on any atom is -0.466 e. The number of carbonyl (C=O) groups excluding carboxylic acids is 1. The van der Waals surface area contributed by atoms with E-state index in [4.69, 9.17) is 4.74 Å². The standard InChI is InChI=1S/C22H19F2N5O2.ClH/c1-28-13-26-19-16(28)8-10-25-20(19)21(30)29-11-9-22(23,24)17(12-29)31-18-7-6-14-4-2-3-5-15(14)27-18;/h2-8,10,13,17H,9,11-12H2,1H3;1H/t17-;/m0./s1. The molecular formula is C22H20ClF2N5O2. The Morgan fingerprint density at radius 2 is 1.97 bits per heavy atom. The third-order valence-corrected chi connectivity index (χ3v) is 5.54. The van der Waals surface area contributed by atoms with Crippen molar-refractivity contribution in [3.63, 3.8) is 0 Å². The van der Waals surface area contributed by atoms with E-state index in [0.29, 0.717) is 11.0 Å². The van der Waals surface area contributed by atoms with E-state index >= 15 is 0 Å². The van der Waals surface area contributed by atoms with E-state index in [9.17, 15) is 13.6 Å². The van der Waals surface area contributed by atoms with Crippen molar-refractivity contribution < 1.29 is 18.3 Å². The van der Waals surface area contributed by atoms with Crippen molar-refractivity contribution in [2.45, 2.75) is 18.4 Å². The lowest BCUT2D eigenvalue weighted by Gasteiger charge is -2.37. The maximum Gasteiger partial charge on any atom is 0.287 e. The Morgan fingerprint density at radius 1 is 1.16 bits per heavy atom. The lowest BCUT2D eigenvalue weighted by Crippen LogP contribution is -2.55. The molecule has 1 aromatic carbocycles. The van der Waals surface area contributed by atoms with Crippen LogP contribution in [-0.2, 0) is 7.05 Å². The van der Waals surface area contributed by atoms with Gasteiger partial charge in [0.15, 0.2) is 11.8 Å². The normalized spacial score (nSPS) is 17.8. The summed E-state index contributed by atoms with van der Waals surface area (Å²) in [6.45, 7) is -0.368. The molecule has 0 unspecified atom stereocenters. The fourth-order valence-corrected chi connectivity index (χ4v) is 3.81. The van der Waals surface area contributed by atoms with Crippen LogP contribution in [0, 0.1) is 0 Å². The summed E-state index contributed by atoms with van der Waals surface area (Å²) in [4.78, 5) is 27.2. The van der Waals surface area contributed by atoms with E-state index in [1.165, 1.54) is 11.1 Å². The van der Waals surface area contributed by atoms with Crippen molar-refractivity contribution in [1.29, 1.82) is 0 Å². The predicted octanol–water partition coefficient (Wildman–Crippen LogP) is 3.87. The summed E-state index contributed by atoms with van der Waals surface area (Å²) in [5.41, 5.74) is 1.99. The molecule has 1 aliphatic heterocycles. The van der Waals surface area contributed by atoms with Crippen molar-refractivity contribution >= 4 is 40.3 Å². The molecule has 1 atom stereocenters. The molecule has 5 rings (SSSR count). The van der Waals surface area contributed by atoms with Crippen molar-refractivity contribution in [2.24, 2.45) is 7.05 Å². The third kappa shape index (κ3) is 3.84. The highest BCUT2D eigenvalue weighted by molar-refractivity contribution is 6.03. The zero-order valence-electron chi connectivity index (χ0n) is 17.1. The summed E-state index contributed by atoms with van der Waals surface area (Å²) in [6.07, 6.45) is 1.09. The van der Waals surface area contributed by atoms with E-state index in [2.05, 4.69) is 15.0 Å². The Bertz CT molecular complexity index is 1300. The summed E-state index contributed by atoms with van der Waals surface area (Å²) >= 11 is 0. The van der Waals surface area contributed by atoms with Gasteiger partial charge in [0.2, 0.25) is 5.88 Å². The molecule has 1 amide bonds. The predicted molar refractivity (Wildman–Crippen MR) is 117 cm³/mol. The van der Waals surface area contributed by atoms with E-state index in [-0.39, 0.29) is 37.1 Å². The smallest absolute Gasteiger partial charge is 0.287 e. The first-order chi connectivity index (χ1) is 14.9. The van der Waals surface area contributed by atoms with Crippen LogP contribution in [0.2, 0.25) is 0 Å². The van der Waals surface area contributed by atoms with Crippen LogP contribution >= 0.6 is 12.4 Å². The van der Waals surface area contributed by atoms with Gasteiger partial charge in [0.05, 0.1) is 23.9 Å². The van der Waals surface area contributed by atoms with Crippen LogP contribution in [0.1, 0.15) is 16.9 Å². The van der Waals surface area contributed by atoms with Crippen molar-refractivity contribution in [3.8, 4) is 5.88 Å². The zero-order chi connectivity index (χ0) is 21.6. The molecule has 0 radical (unpaired) electrons. The van der Waals surface area contributed by atoms with Gasteiger partial charge in [-0.3, -0.25) is 4.79 Å². The molecule has 0 saturated carbocycles. The number of likely N-dealkylation sites (tertiary alicyclic amines) is 1. The van der Waals surface area contributed by atoms with Crippen molar-refractivity contribution in [1.82, 2.24) is 24.4 Å². The molecule has 7 nitrogen and oxygen atoms in total. The number of nitrogens with zero attached hydrogens (tertiary/aromatic N) is 5. The number of para-hydroxylation sites is 1. The van der Waals surface area contributed by atoms with Crippen LogP contribution in [0.5, 0.6) is 5.88 Å². The molecule has 0 bridgehead atoms. The monoisotopic (exact) mass is 459 g/mol. The number of hydrogen-bond donors (Lipinski definition) is 0. The van der Waals surface area contributed by atoms with Crippen LogP contribution in [0.3, 0.4) is 0 Å². The number of rotatable bonds is 3. The molecule has 166 valence electrons. The zero-order valence-corrected chi connectivity index (χ0v) is 17.9. The molecule has 4 aromatic rings. The number of piperidine rings is 1. The van der Waals surface area contributed by atoms with Gasteiger partial charge < -0.3 is 14.2 Å². The second-order valence-corrected chi connectivity index (χ2v) is 7.59. The minimum absolute atomic E-state index is 0. The third-order valence-electron chi connectivity index (χ3n) is 5.54.